The summed E-state index contributed by atoms with van der Waals surface area (Å²) in [5.41, 5.74) is -0.605. The summed E-state index contributed by atoms with van der Waals surface area (Å²) >= 11 is 0. The third-order valence-corrected chi connectivity index (χ3v) is 5.97. The summed E-state index contributed by atoms with van der Waals surface area (Å²) in [5.74, 6) is 0.606. The first kappa shape index (κ1) is 27.0. The lowest BCUT2D eigenvalue weighted by Gasteiger charge is -2.36. The van der Waals surface area contributed by atoms with Gasteiger partial charge in [-0.1, -0.05) is 45.6 Å². The Bertz CT molecular complexity index is 996. The predicted octanol–water partition coefficient (Wildman–Crippen LogP) is 3.92. The Balaban J connectivity index is 0.000000242. The van der Waals surface area contributed by atoms with E-state index in [0.29, 0.717) is 17.6 Å². The molecule has 0 spiro atoms. The minimum absolute atomic E-state index is 0.0206. The van der Waals surface area contributed by atoms with E-state index in [0.717, 1.165) is 43.6 Å². The number of aliphatic imine (C=N–C) groups is 1. The van der Waals surface area contributed by atoms with Crippen molar-refractivity contribution in [1.29, 1.82) is 5.26 Å². The zero-order valence-corrected chi connectivity index (χ0v) is 20.8. The van der Waals surface area contributed by atoms with E-state index >= 15 is 0 Å². The van der Waals surface area contributed by atoms with Gasteiger partial charge in [0.15, 0.2) is 6.19 Å². The molecule has 1 aliphatic rings. The van der Waals surface area contributed by atoms with Gasteiger partial charge in [0.25, 0.3) is 5.66 Å². The molecule has 1 fully saturated rings. The van der Waals surface area contributed by atoms with Crippen molar-refractivity contribution in [3.05, 3.63) is 54.1 Å². The molecule has 2 aromatic rings. The number of benzene rings is 2. The van der Waals surface area contributed by atoms with Gasteiger partial charge in [0.2, 0.25) is 12.4 Å². The van der Waals surface area contributed by atoms with E-state index in [-0.39, 0.29) is 5.56 Å². The molecule has 3 rings (SSSR count). The van der Waals surface area contributed by atoms with Crippen LogP contribution < -0.4 is 10.6 Å². The molecule has 1 atom stereocenters. The van der Waals surface area contributed by atoms with E-state index in [2.05, 4.69) is 15.6 Å². The smallest absolute Gasteiger partial charge is 0.284 e. The summed E-state index contributed by atoms with van der Waals surface area (Å²) < 4.78 is 27.0. The number of piperidine rings is 1. The van der Waals surface area contributed by atoms with Crippen LogP contribution in [0.3, 0.4) is 0 Å². The van der Waals surface area contributed by atoms with Crippen molar-refractivity contribution < 1.29 is 13.6 Å². The summed E-state index contributed by atoms with van der Waals surface area (Å²) in [4.78, 5) is 18.4. The number of nitrogens with one attached hydrogen (secondary N) is 2. The first-order valence-electron chi connectivity index (χ1n) is 10.8. The molecule has 0 radical (unpaired) electrons. The van der Waals surface area contributed by atoms with E-state index < -0.39 is 5.66 Å². The van der Waals surface area contributed by atoms with Gasteiger partial charge in [0, 0.05) is 51.5 Å². The maximum atomic E-state index is 13.5. The number of carbonyl (C=O) groups excluding carboxylic acids is 1. The average molecular weight is 489 g/mol. The Morgan fingerprint density at radius 1 is 1.24 bits per heavy atom. The summed E-state index contributed by atoms with van der Waals surface area (Å²) in [6.07, 6.45) is 4.54. The molecule has 1 aliphatic heterocycles. The quantitative estimate of drug-likeness (QED) is 0.167. The van der Waals surface area contributed by atoms with Crippen molar-refractivity contribution in [2.24, 2.45) is 4.99 Å². The van der Waals surface area contributed by atoms with Crippen LogP contribution in [0.15, 0.2) is 53.5 Å². The van der Waals surface area contributed by atoms with Gasteiger partial charge in [-0.2, -0.15) is 14.0 Å². The highest BCUT2D eigenvalue weighted by Crippen LogP contribution is 2.40. The number of guanidine groups is 1. The summed E-state index contributed by atoms with van der Waals surface area (Å²) in [6, 6.07) is 14.3. The van der Waals surface area contributed by atoms with Crippen molar-refractivity contribution >= 4 is 27.3 Å². The normalized spacial score (nSPS) is 14.4. The molecule has 1 amide bonds. The molecule has 0 aliphatic carbocycles. The van der Waals surface area contributed by atoms with Crippen LogP contribution in [0.1, 0.15) is 18.4 Å². The molecule has 2 aromatic carbocycles. The fraction of sp³-hybridized carbons (Fsp3) is 0.375. The monoisotopic (exact) mass is 488 g/mol. The zero-order valence-electron chi connectivity index (χ0n) is 19.6. The fourth-order valence-electron chi connectivity index (χ4n) is 3.74. The number of alkyl halides is 2. The Morgan fingerprint density at radius 2 is 1.85 bits per heavy atom. The lowest BCUT2D eigenvalue weighted by molar-refractivity contribution is -0.119. The van der Waals surface area contributed by atoms with E-state index in [1.807, 2.05) is 42.4 Å². The molecule has 2 N–H and O–H groups in total. The lowest BCUT2D eigenvalue weighted by Crippen LogP contribution is -2.48. The summed E-state index contributed by atoms with van der Waals surface area (Å²) in [5, 5.41) is 14.1. The van der Waals surface area contributed by atoms with Crippen molar-refractivity contribution in [3.8, 4) is 17.3 Å². The number of nitriles is 1. The van der Waals surface area contributed by atoms with Crippen molar-refractivity contribution in [2.45, 2.75) is 24.5 Å². The summed E-state index contributed by atoms with van der Waals surface area (Å²) in [7, 11) is 6.86. The third-order valence-electron chi connectivity index (χ3n) is 5.66. The second kappa shape index (κ2) is 12.9. The van der Waals surface area contributed by atoms with Gasteiger partial charge in [-0.15, -0.1) is 0 Å². The molecule has 0 aromatic heterocycles. The SMILES string of the molecule is CN=C(NC#N)N1CCC(N(C)C=O)CC1.CNc1ccc(-c2ccccc2C(F)(F)P)cc1. The maximum Gasteiger partial charge on any atom is 0.284 e. The van der Waals surface area contributed by atoms with Crippen molar-refractivity contribution in [3.63, 3.8) is 0 Å². The van der Waals surface area contributed by atoms with Gasteiger partial charge >= 0.3 is 0 Å². The van der Waals surface area contributed by atoms with Crippen LogP contribution in [0.25, 0.3) is 11.1 Å². The molecular weight excluding hydrogens is 457 g/mol. The number of hydrogen-bond donors (Lipinski definition) is 2. The molecule has 0 saturated carbocycles. The first-order valence-corrected chi connectivity index (χ1v) is 11.4. The zero-order chi connectivity index (χ0) is 25.1. The lowest BCUT2D eigenvalue weighted by atomic mass is 9.99. The fourth-order valence-corrected chi connectivity index (χ4v) is 3.99. The highest BCUT2D eigenvalue weighted by atomic mass is 31.0. The maximum absolute atomic E-state index is 13.5. The molecule has 7 nitrogen and oxygen atoms in total. The number of carbonyl (C=O) groups is 1. The van der Waals surface area contributed by atoms with Crippen LogP contribution >= 0.6 is 9.24 Å². The predicted molar refractivity (Wildman–Crippen MR) is 136 cm³/mol. The standard InChI is InChI=1S/C14H14F2NP.C10H17N5O/c1-17-11-8-6-10(7-9-11)12-4-2-3-5-13(12)14(15,16)18;1-12-10(13-7-11)15-5-3-9(4-6-15)14(2)8-16/h2-9,17H,18H2,1H3;8-9H,3-6H2,1-2H3,(H,12,13). The van der Waals surface area contributed by atoms with Crippen molar-refractivity contribution in [2.75, 3.05) is 39.5 Å². The second-order valence-electron chi connectivity index (χ2n) is 7.77. The second-order valence-corrected chi connectivity index (χ2v) is 8.49. The van der Waals surface area contributed by atoms with Crippen LogP contribution in [-0.2, 0) is 10.5 Å². The van der Waals surface area contributed by atoms with Gasteiger partial charge in [0.05, 0.1) is 0 Å². The molecular formula is C24H31F2N6OP. The van der Waals surface area contributed by atoms with Crippen LogP contribution in [0.2, 0.25) is 0 Å². The molecule has 1 heterocycles. The molecule has 182 valence electrons. The number of anilines is 1. The molecule has 1 unspecified atom stereocenters. The number of rotatable bonds is 5. The van der Waals surface area contributed by atoms with Gasteiger partial charge in [-0.25, -0.2) is 0 Å². The van der Waals surface area contributed by atoms with Crippen LogP contribution in [0.5, 0.6) is 0 Å². The minimum Gasteiger partial charge on any atom is -0.388 e. The van der Waals surface area contributed by atoms with Gasteiger partial charge in [0.1, 0.15) is 0 Å². The number of amides is 1. The Morgan fingerprint density at radius 3 is 2.35 bits per heavy atom. The van der Waals surface area contributed by atoms with E-state index in [4.69, 9.17) is 5.26 Å². The average Bonchev–Trinajstić information content (AvgIpc) is 2.87. The number of likely N-dealkylation sites (tertiary alicyclic amines) is 1. The van der Waals surface area contributed by atoms with E-state index in [1.165, 1.54) is 6.07 Å². The minimum atomic E-state index is -2.92. The Labute approximate surface area is 202 Å². The number of nitrogens with zero attached hydrogens (tertiary/aromatic N) is 4. The molecule has 10 heteroatoms. The van der Waals surface area contributed by atoms with Gasteiger partial charge in [-0.3, -0.25) is 15.1 Å². The first-order chi connectivity index (χ1) is 16.2. The van der Waals surface area contributed by atoms with Crippen LogP contribution in [0.4, 0.5) is 14.5 Å². The van der Waals surface area contributed by atoms with E-state index in [1.54, 1.807) is 46.4 Å². The molecule has 34 heavy (non-hydrogen) atoms. The van der Waals surface area contributed by atoms with Gasteiger partial charge < -0.3 is 15.1 Å². The highest BCUT2D eigenvalue weighted by molar-refractivity contribution is 7.17. The largest absolute Gasteiger partial charge is 0.388 e. The third kappa shape index (κ3) is 7.39. The number of halogens is 2. The Hall–Kier alpha value is -3.24. The summed E-state index contributed by atoms with van der Waals surface area (Å²) in [6.45, 7) is 1.62. The van der Waals surface area contributed by atoms with E-state index in [9.17, 15) is 13.6 Å². The Kier molecular flexibility index (Phi) is 10.2. The van der Waals surface area contributed by atoms with Crippen molar-refractivity contribution in [1.82, 2.24) is 15.1 Å². The number of hydrogen-bond acceptors (Lipinski definition) is 4. The van der Waals surface area contributed by atoms with Crippen LogP contribution in [0, 0.1) is 11.5 Å². The molecule has 0 bridgehead atoms. The highest BCUT2D eigenvalue weighted by Gasteiger charge is 2.27. The topological polar surface area (TPSA) is 83.8 Å². The van der Waals surface area contributed by atoms with Gasteiger partial charge in [-0.05, 0) is 36.1 Å². The molecule has 1 saturated heterocycles. The van der Waals surface area contributed by atoms with Crippen LogP contribution in [-0.4, -0.2) is 62.4 Å².